The number of ether oxygens (including phenoxy) is 1. The highest BCUT2D eigenvalue weighted by Crippen LogP contribution is 2.16. The van der Waals surface area contributed by atoms with Crippen LogP contribution in [0.15, 0.2) is 82.4 Å². The van der Waals surface area contributed by atoms with Crippen molar-refractivity contribution in [3.63, 3.8) is 0 Å². The summed E-state index contributed by atoms with van der Waals surface area (Å²) in [6, 6.07) is 20.4. The van der Waals surface area contributed by atoms with Crippen LogP contribution in [0.5, 0.6) is 5.75 Å². The molecular formula is C21H16BrN3O4. The van der Waals surface area contributed by atoms with Gasteiger partial charge < -0.3 is 4.74 Å². The van der Waals surface area contributed by atoms with Gasteiger partial charge in [-0.15, -0.1) is 0 Å². The fraction of sp³-hybridized carbons (Fsp3) is 0.0476. The number of hydrogen-bond donors (Lipinski definition) is 1. The average molecular weight is 454 g/mol. The van der Waals surface area contributed by atoms with E-state index in [9.17, 15) is 14.9 Å². The average Bonchev–Trinajstić information content (AvgIpc) is 2.74. The molecular weight excluding hydrogens is 438 g/mol. The number of rotatable bonds is 7. The van der Waals surface area contributed by atoms with Gasteiger partial charge in [0.05, 0.1) is 11.1 Å². The van der Waals surface area contributed by atoms with Crippen LogP contribution in [0.25, 0.3) is 0 Å². The molecule has 0 saturated heterocycles. The van der Waals surface area contributed by atoms with Crippen LogP contribution in [0, 0.1) is 10.1 Å². The highest BCUT2D eigenvalue weighted by atomic mass is 79.9. The molecule has 1 N–H and O–H groups in total. The molecule has 146 valence electrons. The Labute approximate surface area is 175 Å². The molecule has 29 heavy (non-hydrogen) atoms. The SMILES string of the molecule is O=C(N/N=C\c1ccc(OCc2ccc([N+](=O)[O-])cc2)cc1)c1ccc(Br)cc1. The molecule has 0 heterocycles. The van der Waals surface area contributed by atoms with E-state index in [1.807, 2.05) is 0 Å². The first kappa shape index (κ1) is 20.2. The molecule has 0 spiro atoms. The number of nitro benzene ring substituents is 1. The van der Waals surface area contributed by atoms with Gasteiger partial charge in [0.15, 0.2) is 0 Å². The van der Waals surface area contributed by atoms with E-state index < -0.39 is 4.92 Å². The van der Waals surface area contributed by atoms with Gasteiger partial charge in [0.1, 0.15) is 12.4 Å². The van der Waals surface area contributed by atoms with E-state index in [2.05, 4.69) is 26.5 Å². The first-order valence-corrected chi connectivity index (χ1v) is 9.36. The Balaban J connectivity index is 1.50. The van der Waals surface area contributed by atoms with E-state index in [1.54, 1.807) is 60.7 Å². The smallest absolute Gasteiger partial charge is 0.271 e. The molecule has 0 aromatic heterocycles. The van der Waals surface area contributed by atoms with Crippen LogP contribution < -0.4 is 10.2 Å². The van der Waals surface area contributed by atoms with Gasteiger partial charge in [-0.05, 0) is 71.8 Å². The van der Waals surface area contributed by atoms with E-state index in [4.69, 9.17) is 4.74 Å². The molecule has 7 nitrogen and oxygen atoms in total. The lowest BCUT2D eigenvalue weighted by molar-refractivity contribution is -0.384. The predicted molar refractivity (Wildman–Crippen MR) is 113 cm³/mol. The molecule has 3 aromatic rings. The zero-order valence-electron chi connectivity index (χ0n) is 15.1. The molecule has 0 atom stereocenters. The second kappa shape index (κ2) is 9.61. The van der Waals surface area contributed by atoms with Crippen molar-refractivity contribution < 1.29 is 14.5 Å². The van der Waals surface area contributed by atoms with Crippen molar-refractivity contribution in [2.45, 2.75) is 6.61 Å². The van der Waals surface area contributed by atoms with Gasteiger partial charge in [-0.3, -0.25) is 14.9 Å². The number of halogens is 1. The molecule has 3 rings (SSSR count). The van der Waals surface area contributed by atoms with Crippen LogP contribution in [-0.2, 0) is 6.61 Å². The summed E-state index contributed by atoms with van der Waals surface area (Å²) in [5.74, 6) is 0.358. The Hall–Kier alpha value is -3.52. The highest BCUT2D eigenvalue weighted by Gasteiger charge is 2.05. The van der Waals surface area contributed by atoms with Gasteiger partial charge in [-0.1, -0.05) is 15.9 Å². The van der Waals surface area contributed by atoms with Crippen LogP contribution in [0.1, 0.15) is 21.5 Å². The maximum absolute atomic E-state index is 12.0. The molecule has 0 saturated carbocycles. The van der Waals surface area contributed by atoms with Gasteiger partial charge in [-0.25, -0.2) is 5.43 Å². The van der Waals surface area contributed by atoms with Gasteiger partial charge in [0.2, 0.25) is 0 Å². The third-order valence-electron chi connectivity index (χ3n) is 3.92. The summed E-state index contributed by atoms with van der Waals surface area (Å²) >= 11 is 3.32. The largest absolute Gasteiger partial charge is 0.489 e. The van der Waals surface area contributed by atoms with Gasteiger partial charge >= 0.3 is 0 Å². The summed E-state index contributed by atoms with van der Waals surface area (Å²) in [4.78, 5) is 22.2. The van der Waals surface area contributed by atoms with Crippen LogP contribution >= 0.6 is 15.9 Å². The highest BCUT2D eigenvalue weighted by molar-refractivity contribution is 9.10. The van der Waals surface area contributed by atoms with Crippen LogP contribution in [0.2, 0.25) is 0 Å². The summed E-state index contributed by atoms with van der Waals surface area (Å²) in [6.45, 7) is 0.300. The molecule has 0 radical (unpaired) electrons. The third-order valence-corrected chi connectivity index (χ3v) is 4.45. The van der Waals surface area contributed by atoms with Crippen molar-refractivity contribution in [2.24, 2.45) is 5.10 Å². The fourth-order valence-corrected chi connectivity index (χ4v) is 2.63. The molecule has 0 aliphatic carbocycles. The van der Waals surface area contributed by atoms with Gasteiger partial charge in [-0.2, -0.15) is 5.10 Å². The van der Waals surface area contributed by atoms with Crippen molar-refractivity contribution in [1.82, 2.24) is 5.43 Å². The van der Waals surface area contributed by atoms with Gasteiger partial charge in [0.25, 0.3) is 11.6 Å². The quantitative estimate of drug-likeness (QED) is 0.318. The molecule has 1 amide bonds. The van der Waals surface area contributed by atoms with Crippen molar-refractivity contribution in [3.8, 4) is 5.75 Å². The molecule has 8 heteroatoms. The third kappa shape index (κ3) is 5.98. The Morgan fingerprint density at radius 1 is 1.03 bits per heavy atom. The zero-order chi connectivity index (χ0) is 20.6. The maximum Gasteiger partial charge on any atom is 0.271 e. The summed E-state index contributed by atoms with van der Waals surface area (Å²) < 4.78 is 6.57. The van der Waals surface area contributed by atoms with Crippen LogP contribution in [0.3, 0.4) is 0 Å². The molecule has 0 aliphatic heterocycles. The minimum atomic E-state index is -0.438. The van der Waals surface area contributed by atoms with E-state index in [0.29, 0.717) is 17.9 Å². The lowest BCUT2D eigenvalue weighted by Crippen LogP contribution is -2.17. The zero-order valence-corrected chi connectivity index (χ0v) is 16.7. The first-order valence-electron chi connectivity index (χ1n) is 8.56. The van der Waals surface area contributed by atoms with Crippen LogP contribution in [0.4, 0.5) is 5.69 Å². The molecule has 0 aliphatic rings. The second-order valence-electron chi connectivity index (χ2n) is 5.99. The summed E-state index contributed by atoms with van der Waals surface area (Å²) in [5.41, 5.74) is 4.66. The van der Waals surface area contributed by atoms with Crippen molar-refractivity contribution in [2.75, 3.05) is 0 Å². The number of carbonyl (C=O) groups excluding carboxylic acids is 1. The second-order valence-corrected chi connectivity index (χ2v) is 6.90. The molecule has 0 fully saturated rings. The number of nitro groups is 1. The van der Waals surface area contributed by atoms with Crippen molar-refractivity contribution in [1.29, 1.82) is 0 Å². The van der Waals surface area contributed by atoms with E-state index in [0.717, 1.165) is 15.6 Å². The van der Waals surface area contributed by atoms with E-state index in [-0.39, 0.29) is 11.6 Å². The van der Waals surface area contributed by atoms with Crippen molar-refractivity contribution >= 4 is 33.7 Å². The summed E-state index contributed by atoms with van der Waals surface area (Å²) in [6.07, 6.45) is 1.54. The Bertz CT molecular complexity index is 1020. The Morgan fingerprint density at radius 3 is 2.31 bits per heavy atom. The fourth-order valence-electron chi connectivity index (χ4n) is 2.36. The topological polar surface area (TPSA) is 93.8 Å². The number of non-ortho nitro benzene ring substituents is 1. The Kier molecular flexibility index (Phi) is 6.70. The number of nitrogens with zero attached hydrogens (tertiary/aromatic N) is 2. The number of benzene rings is 3. The standard InChI is InChI=1S/C21H16BrN3O4/c22-18-7-5-17(6-8-18)21(26)24-23-13-15-3-11-20(12-4-15)29-14-16-1-9-19(10-2-16)25(27)28/h1-13H,14H2,(H,24,26)/b23-13-. The lowest BCUT2D eigenvalue weighted by atomic mass is 10.2. The minimum Gasteiger partial charge on any atom is -0.489 e. The first-order chi connectivity index (χ1) is 14.0. The molecule has 0 unspecified atom stereocenters. The normalized spacial score (nSPS) is 10.7. The van der Waals surface area contributed by atoms with E-state index >= 15 is 0 Å². The van der Waals surface area contributed by atoms with E-state index in [1.165, 1.54) is 18.3 Å². The molecule has 0 bridgehead atoms. The summed E-state index contributed by atoms with van der Waals surface area (Å²) in [7, 11) is 0. The molecule has 3 aromatic carbocycles. The monoisotopic (exact) mass is 453 g/mol. The number of amides is 1. The van der Waals surface area contributed by atoms with Crippen LogP contribution in [-0.4, -0.2) is 17.0 Å². The maximum atomic E-state index is 12.0. The lowest BCUT2D eigenvalue weighted by Gasteiger charge is -2.06. The Morgan fingerprint density at radius 2 is 1.69 bits per heavy atom. The minimum absolute atomic E-state index is 0.0459. The number of nitrogens with one attached hydrogen (secondary N) is 1. The van der Waals surface area contributed by atoms with Gasteiger partial charge in [0, 0.05) is 22.2 Å². The number of hydrazone groups is 1. The number of carbonyl (C=O) groups is 1. The van der Waals surface area contributed by atoms with Crippen molar-refractivity contribution in [3.05, 3.63) is 104 Å². The predicted octanol–water partition coefficient (Wildman–Crippen LogP) is 4.70. The summed E-state index contributed by atoms with van der Waals surface area (Å²) in [5, 5.41) is 14.6. The number of hydrogen-bond acceptors (Lipinski definition) is 5.